The third kappa shape index (κ3) is 2.26. The lowest BCUT2D eigenvalue weighted by Crippen LogP contribution is -2.33. The van der Waals surface area contributed by atoms with E-state index in [1.54, 1.807) is 0 Å². The lowest BCUT2D eigenvalue weighted by atomic mass is 10.1. The zero-order chi connectivity index (χ0) is 14.4. The highest BCUT2D eigenvalue weighted by molar-refractivity contribution is 5.81. The molecule has 11 nitrogen and oxygen atoms in total. The number of H-pyrrole nitrogens is 1. The van der Waals surface area contributed by atoms with Gasteiger partial charge in [0, 0.05) is 0 Å². The number of nitrogens with two attached hydrogens (primary N) is 1. The maximum Gasteiger partial charge on any atom is 0.348 e. The summed E-state index contributed by atoms with van der Waals surface area (Å²) in [7, 11) is 0. The van der Waals surface area contributed by atoms with E-state index in [1.165, 1.54) is 10.9 Å². The van der Waals surface area contributed by atoms with Crippen LogP contribution in [0.25, 0.3) is 11.2 Å². The van der Waals surface area contributed by atoms with E-state index in [2.05, 4.69) is 15.0 Å². The fourth-order valence-electron chi connectivity index (χ4n) is 2.25. The van der Waals surface area contributed by atoms with Crippen LogP contribution in [0.2, 0.25) is 0 Å². The molecule has 8 N–H and O–H groups in total. The van der Waals surface area contributed by atoms with Crippen molar-refractivity contribution in [2.45, 2.75) is 24.5 Å². The van der Waals surface area contributed by atoms with Crippen LogP contribution in [0.1, 0.15) is 6.23 Å². The fraction of sp³-hybridized carbons (Fsp3) is 0.500. The molecule has 0 radical (unpaired) electrons. The highest BCUT2D eigenvalue weighted by atomic mass is 16.6. The summed E-state index contributed by atoms with van der Waals surface area (Å²) in [5.74, 6) is 0.0468. The van der Waals surface area contributed by atoms with Crippen LogP contribution >= 0.6 is 0 Å². The largest absolute Gasteiger partial charge is 0.412 e. The second-order valence-electron chi connectivity index (χ2n) is 4.51. The molecule has 0 amide bonds. The first-order valence-corrected chi connectivity index (χ1v) is 5.87. The Morgan fingerprint density at radius 2 is 2.14 bits per heavy atom. The zero-order valence-electron chi connectivity index (χ0n) is 10.7. The molecule has 116 valence electrons. The van der Waals surface area contributed by atoms with Gasteiger partial charge < -0.3 is 31.3 Å². The SMILES string of the molecule is Nc1[nH]c(=O)nc2c1ncn2C1OC(CO)C(O)C1O.O. The molecule has 4 atom stereocenters. The molecule has 3 rings (SSSR count). The normalized spacial score (nSPS) is 28.7. The molecule has 0 saturated carbocycles. The summed E-state index contributed by atoms with van der Waals surface area (Å²) in [5.41, 5.74) is 5.34. The number of nitrogen functional groups attached to an aromatic ring is 1. The van der Waals surface area contributed by atoms with Gasteiger partial charge in [0.2, 0.25) is 0 Å². The molecule has 1 aliphatic rings. The zero-order valence-corrected chi connectivity index (χ0v) is 10.7. The van der Waals surface area contributed by atoms with Crippen LogP contribution in [0.4, 0.5) is 5.82 Å². The first-order valence-electron chi connectivity index (χ1n) is 5.87. The highest BCUT2D eigenvalue weighted by Crippen LogP contribution is 2.31. The Labute approximate surface area is 116 Å². The van der Waals surface area contributed by atoms with Crippen molar-refractivity contribution in [1.29, 1.82) is 0 Å². The number of aliphatic hydroxyl groups is 3. The van der Waals surface area contributed by atoms with Crippen molar-refractivity contribution >= 4 is 17.0 Å². The number of ether oxygens (including phenoxy) is 1. The van der Waals surface area contributed by atoms with Crippen molar-refractivity contribution < 1.29 is 25.5 Å². The van der Waals surface area contributed by atoms with Crippen molar-refractivity contribution in [3.05, 3.63) is 16.8 Å². The number of aromatic amines is 1. The topological polar surface area (TPSA) is 191 Å². The van der Waals surface area contributed by atoms with Gasteiger partial charge >= 0.3 is 5.69 Å². The molecule has 1 fully saturated rings. The molecule has 1 saturated heterocycles. The average molecular weight is 301 g/mol. The van der Waals surface area contributed by atoms with E-state index in [1.807, 2.05) is 0 Å². The minimum atomic E-state index is -1.29. The van der Waals surface area contributed by atoms with Crippen molar-refractivity contribution in [2.24, 2.45) is 0 Å². The number of hydrogen-bond donors (Lipinski definition) is 5. The molecule has 3 heterocycles. The molecule has 0 spiro atoms. The van der Waals surface area contributed by atoms with E-state index in [4.69, 9.17) is 15.6 Å². The van der Waals surface area contributed by atoms with Crippen LogP contribution in [-0.4, -0.2) is 65.2 Å². The van der Waals surface area contributed by atoms with Crippen LogP contribution in [0.15, 0.2) is 11.1 Å². The molecule has 2 aromatic heterocycles. The summed E-state index contributed by atoms with van der Waals surface area (Å²) in [6.45, 7) is -0.447. The molecule has 11 heteroatoms. The molecular weight excluding hydrogens is 286 g/mol. The molecule has 0 aliphatic carbocycles. The van der Waals surface area contributed by atoms with Crippen LogP contribution in [0.5, 0.6) is 0 Å². The third-order valence-corrected chi connectivity index (χ3v) is 3.26. The van der Waals surface area contributed by atoms with Gasteiger partial charge in [-0.15, -0.1) is 0 Å². The number of nitrogens with zero attached hydrogens (tertiary/aromatic N) is 3. The average Bonchev–Trinajstić information content (AvgIpc) is 2.93. The third-order valence-electron chi connectivity index (χ3n) is 3.26. The number of aliphatic hydroxyl groups excluding tert-OH is 3. The van der Waals surface area contributed by atoms with E-state index < -0.39 is 36.8 Å². The number of anilines is 1. The fourth-order valence-corrected chi connectivity index (χ4v) is 2.25. The predicted molar refractivity (Wildman–Crippen MR) is 69.2 cm³/mol. The van der Waals surface area contributed by atoms with Crippen LogP contribution < -0.4 is 11.4 Å². The van der Waals surface area contributed by atoms with Gasteiger partial charge in [0.05, 0.1) is 12.9 Å². The molecule has 0 bridgehead atoms. The number of hydrogen-bond acceptors (Lipinski definition) is 8. The minimum absolute atomic E-state index is 0. The smallest absolute Gasteiger partial charge is 0.348 e. The Morgan fingerprint density at radius 3 is 2.76 bits per heavy atom. The Hall–Kier alpha value is -2.05. The van der Waals surface area contributed by atoms with Gasteiger partial charge in [-0.2, -0.15) is 4.98 Å². The standard InChI is InChI=1S/C10H13N5O5.H2O/c11-7-4-8(14-10(19)13-7)15(2-12-4)9-6(18)5(17)3(1-16)20-9;/h2-3,5-6,9,16-18H,1H2,(H3,11,13,14,19);1H2. The van der Waals surface area contributed by atoms with E-state index in [9.17, 15) is 15.0 Å². The van der Waals surface area contributed by atoms with Gasteiger partial charge in [-0.1, -0.05) is 0 Å². The quantitative estimate of drug-likeness (QED) is 0.377. The monoisotopic (exact) mass is 301 g/mol. The number of nitrogens with one attached hydrogen (secondary N) is 1. The van der Waals surface area contributed by atoms with Gasteiger partial charge in [-0.3, -0.25) is 9.55 Å². The van der Waals surface area contributed by atoms with Crippen LogP contribution in [0, 0.1) is 0 Å². The van der Waals surface area contributed by atoms with Crippen molar-refractivity contribution in [3.63, 3.8) is 0 Å². The number of aromatic nitrogens is 4. The maximum absolute atomic E-state index is 11.4. The summed E-state index contributed by atoms with van der Waals surface area (Å²) < 4.78 is 6.64. The van der Waals surface area contributed by atoms with Gasteiger partial charge in [-0.05, 0) is 0 Å². The summed E-state index contributed by atoms with van der Waals surface area (Å²) in [4.78, 5) is 21.4. The Morgan fingerprint density at radius 1 is 1.43 bits per heavy atom. The van der Waals surface area contributed by atoms with Crippen molar-refractivity contribution in [2.75, 3.05) is 12.3 Å². The molecule has 2 aromatic rings. The van der Waals surface area contributed by atoms with E-state index in [0.717, 1.165) is 0 Å². The van der Waals surface area contributed by atoms with Crippen molar-refractivity contribution in [1.82, 2.24) is 19.5 Å². The first-order chi connectivity index (χ1) is 9.52. The predicted octanol–water partition coefficient (Wildman–Crippen LogP) is -3.51. The Balaban J connectivity index is 0.00000161. The summed E-state index contributed by atoms with van der Waals surface area (Å²) in [5, 5.41) is 28.7. The molecule has 4 unspecified atom stereocenters. The van der Waals surface area contributed by atoms with Crippen LogP contribution in [0.3, 0.4) is 0 Å². The minimum Gasteiger partial charge on any atom is -0.412 e. The van der Waals surface area contributed by atoms with E-state index in [0.29, 0.717) is 0 Å². The first kappa shape index (κ1) is 15.3. The lowest BCUT2D eigenvalue weighted by molar-refractivity contribution is -0.0511. The number of imidazole rings is 1. The highest BCUT2D eigenvalue weighted by Gasteiger charge is 2.44. The van der Waals surface area contributed by atoms with Gasteiger partial charge in [0.1, 0.15) is 29.6 Å². The van der Waals surface area contributed by atoms with Crippen LogP contribution in [-0.2, 0) is 4.74 Å². The Kier molecular flexibility index (Phi) is 3.93. The Bertz CT molecular complexity index is 699. The maximum atomic E-state index is 11.4. The second kappa shape index (κ2) is 5.38. The lowest BCUT2D eigenvalue weighted by Gasteiger charge is -2.16. The van der Waals surface area contributed by atoms with E-state index >= 15 is 0 Å². The number of rotatable bonds is 2. The molecule has 21 heavy (non-hydrogen) atoms. The molecule has 0 aromatic carbocycles. The molecular formula is C10H15N5O6. The van der Waals surface area contributed by atoms with E-state index in [-0.39, 0.29) is 22.5 Å². The molecule has 1 aliphatic heterocycles. The summed E-state index contributed by atoms with van der Waals surface area (Å²) in [6.07, 6.45) is -3.18. The second-order valence-corrected chi connectivity index (χ2v) is 4.51. The van der Waals surface area contributed by atoms with Gasteiger partial charge in [0.15, 0.2) is 11.9 Å². The van der Waals surface area contributed by atoms with Gasteiger partial charge in [-0.25, -0.2) is 9.78 Å². The summed E-state index contributed by atoms with van der Waals surface area (Å²) >= 11 is 0. The number of fused-ring (bicyclic) bond motifs is 1. The summed E-state index contributed by atoms with van der Waals surface area (Å²) in [6, 6.07) is 0. The van der Waals surface area contributed by atoms with Gasteiger partial charge in [0.25, 0.3) is 0 Å². The van der Waals surface area contributed by atoms with Crippen molar-refractivity contribution in [3.8, 4) is 0 Å².